The maximum absolute atomic E-state index is 12.9. The maximum Gasteiger partial charge on any atom is 0.213 e. The van der Waals surface area contributed by atoms with Crippen molar-refractivity contribution in [2.45, 2.75) is 6.92 Å². The molecule has 140 valence electrons. The number of benzene rings is 3. The molecule has 0 bridgehead atoms. The topological polar surface area (TPSA) is 71.2 Å². The predicted molar refractivity (Wildman–Crippen MR) is 111 cm³/mol. The van der Waals surface area contributed by atoms with Gasteiger partial charge in [0.05, 0.1) is 12.8 Å². The summed E-state index contributed by atoms with van der Waals surface area (Å²) in [6.07, 6.45) is 1.41. The number of ether oxygens (including phenoxy) is 1. The van der Waals surface area contributed by atoms with Crippen molar-refractivity contribution >= 4 is 17.7 Å². The van der Waals surface area contributed by atoms with Crippen LogP contribution in [0.1, 0.15) is 28.4 Å². The molecule has 5 heteroatoms. The minimum absolute atomic E-state index is 0.0283. The molecule has 3 rings (SSSR count). The average Bonchev–Trinajstić information content (AvgIpc) is 2.73. The van der Waals surface area contributed by atoms with Crippen molar-refractivity contribution in [2.75, 3.05) is 6.61 Å². The Bertz CT molecular complexity index is 997. The van der Waals surface area contributed by atoms with Gasteiger partial charge in [0, 0.05) is 22.8 Å². The van der Waals surface area contributed by atoms with Crippen LogP contribution in [0.5, 0.6) is 11.5 Å². The summed E-state index contributed by atoms with van der Waals surface area (Å²) in [6.45, 7) is 2.38. The number of aromatic hydroxyl groups is 1. The van der Waals surface area contributed by atoms with Gasteiger partial charge in [-0.1, -0.05) is 60.7 Å². The second-order valence-electron chi connectivity index (χ2n) is 5.91. The third-order valence-corrected chi connectivity index (χ3v) is 3.97. The fraction of sp³-hybridized carbons (Fsp3) is 0.0870. The molecule has 0 atom stereocenters. The van der Waals surface area contributed by atoms with Crippen molar-refractivity contribution in [3.8, 4) is 11.5 Å². The monoisotopic (exact) mass is 372 g/mol. The van der Waals surface area contributed by atoms with Gasteiger partial charge in [0.2, 0.25) is 5.78 Å². The summed E-state index contributed by atoms with van der Waals surface area (Å²) in [7, 11) is 0. The SMILES string of the molecule is CCOc1ccc(/C=N/N=C(C(=O)c2ccccc2)c2ccccc2)c(O)c1. The van der Waals surface area contributed by atoms with Crippen molar-refractivity contribution in [3.05, 3.63) is 95.6 Å². The van der Waals surface area contributed by atoms with Crippen molar-refractivity contribution in [1.29, 1.82) is 0 Å². The maximum atomic E-state index is 12.9. The lowest BCUT2D eigenvalue weighted by molar-refractivity contribution is 0.106. The van der Waals surface area contributed by atoms with E-state index in [1.54, 1.807) is 36.4 Å². The first-order valence-corrected chi connectivity index (χ1v) is 8.91. The Balaban J connectivity index is 1.91. The molecule has 3 aromatic rings. The van der Waals surface area contributed by atoms with E-state index in [1.165, 1.54) is 12.3 Å². The first-order chi connectivity index (χ1) is 13.7. The number of nitrogens with zero attached hydrogens (tertiary/aromatic N) is 2. The fourth-order valence-electron chi connectivity index (χ4n) is 2.59. The Morgan fingerprint density at radius 2 is 1.61 bits per heavy atom. The fourth-order valence-corrected chi connectivity index (χ4v) is 2.59. The van der Waals surface area contributed by atoms with Crippen LogP contribution in [0.25, 0.3) is 0 Å². The summed E-state index contributed by atoms with van der Waals surface area (Å²) in [5, 5.41) is 18.3. The van der Waals surface area contributed by atoms with E-state index < -0.39 is 0 Å². The molecular formula is C23H20N2O3. The van der Waals surface area contributed by atoms with Crippen LogP contribution < -0.4 is 4.74 Å². The molecule has 0 unspecified atom stereocenters. The molecule has 0 aromatic heterocycles. The van der Waals surface area contributed by atoms with Crippen LogP contribution in [0, 0.1) is 0 Å². The number of carbonyl (C=O) groups is 1. The van der Waals surface area contributed by atoms with Crippen LogP contribution >= 0.6 is 0 Å². The van der Waals surface area contributed by atoms with Gasteiger partial charge in [-0.2, -0.15) is 5.10 Å². The van der Waals surface area contributed by atoms with Crippen molar-refractivity contribution in [2.24, 2.45) is 10.2 Å². The first kappa shape index (κ1) is 19.0. The zero-order valence-corrected chi connectivity index (χ0v) is 15.4. The van der Waals surface area contributed by atoms with Crippen LogP contribution in [-0.2, 0) is 0 Å². The number of hydrogen-bond acceptors (Lipinski definition) is 5. The zero-order chi connectivity index (χ0) is 19.8. The highest BCUT2D eigenvalue weighted by atomic mass is 16.5. The van der Waals surface area contributed by atoms with Gasteiger partial charge in [-0.15, -0.1) is 5.10 Å². The number of phenolic OH excluding ortho intramolecular Hbond substituents is 1. The molecule has 0 saturated heterocycles. The summed E-state index contributed by atoms with van der Waals surface area (Å²) in [4.78, 5) is 12.9. The van der Waals surface area contributed by atoms with Gasteiger partial charge in [0.1, 0.15) is 17.2 Å². The molecule has 0 radical (unpaired) electrons. The van der Waals surface area contributed by atoms with Crippen LogP contribution in [0.4, 0.5) is 0 Å². The van der Waals surface area contributed by atoms with Gasteiger partial charge < -0.3 is 9.84 Å². The molecule has 0 amide bonds. The quantitative estimate of drug-likeness (QED) is 0.377. The van der Waals surface area contributed by atoms with E-state index in [1.807, 2.05) is 43.3 Å². The lowest BCUT2D eigenvalue weighted by Gasteiger charge is -2.05. The number of Topliss-reactive ketones (excluding diaryl/α,β-unsaturated/α-hetero) is 1. The summed E-state index contributed by atoms with van der Waals surface area (Å²) < 4.78 is 5.35. The molecule has 0 aliphatic heterocycles. The van der Waals surface area contributed by atoms with Crippen LogP contribution in [0.3, 0.4) is 0 Å². The third-order valence-electron chi connectivity index (χ3n) is 3.97. The standard InChI is InChI=1S/C23H20N2O3/c1-2-28-20-14-13-19(21(26)15-20)16-24-25-22(17-9-5-3-6-10-17)23(27)18-11-7-4-8-12-18/h3-16,26H,2H2,1H3/b24-16+,25-22?. The predicted octanol–water partition coefficient (Wildman–Crippen LogP) is 4.50. The van der Waals surface area contributed by atoms with E-state index >= 15 is 0 Å². The smallest absolute Gasteiger partial charge is 0.213 e. The summed E-state index contributed by atoms with van der Waals surface area (Å²) in [6, 6.07) is 23.0. The Labute approximate surface area is 163 Å². The summed E-state index contributed by atoms with van der Waals surface area (Å²) in [5.74, 6) is 0.380. The molecule has 1 N–H and O–H groups in total. The molecule has 28 heavy (non-hydrogen) atoms. The number of rotatable bonds is 7. The molecule has 0 saturated carbocycles. The van der Waals surface area contributed by atoms with Crippen molar-refractivity contribution in [1.82, 2.24) is 0 Å². The lowest BCUT2D eigenvalue weighted by Crippen LogP contribution is -2.15. The molecule has 3 aromatic carbocycles. The van der Waals surface area contributed by atoms with Crippen molar-refractivity contribution < 1.29 is 14.6 Å². The van der Waals surface area contributed by atoms with Crippen LogP contribution in [0.2, 0.25) is 0 Å². The van der Waals surface area contributed by atoms with E-state index in [-0.39, 0.29) is 17.2 Å². The van der Waals surface area contributed by atoms with Crippen molar-refractivity contribution in [3.63, 3.8) is 0 Å². The Hall–Kier alpha value is -3.73. The molecule has 0 aliphatic carbocycles. The van der Waals surface area contributed by atoms with E-state index in [0.29, 0.717) is 29.0 Å². The lowest BCUT2D eigenvalue weighted by atomic mass is 10.0. The van der Waals surface area contributed by atoms with E-state index in [9.17, 15) is 9.90 Å². The van der Waals surface area contributed by atoms with Gasteiger partial charge in [0.25, 0.3) is 0 Å². The highest BCUT2D eigenvalue weighted by Crippen LogP contribution is 2.22. The number of carbonyl (C=O) groups excluding carboxylic acids is 1. The molecule has 0 fully saturated rings. The minimum Gasteiger partial charge on any atom is -0.507 e. The highest BCUT2D eigenvalue weighted by Gasteiger charge is 2.16. The largest absolute Gasteiger partial charge is 0.507 e. The Kier molecular flexibility index (Phi) is 6.31. The van der Waals surface area contributed by atoms with Gasteiger partial charge in [0.15, 0.2) is 0 Å². The minimum atomic E-state index is -0.222. The van der Waals surface area contributed by atoms with Crippen LogP contribution in [0.15, 0.2) is 89.1 Å². The molecule has 0 spiro atoms. The van der Waals surface area contributed by atoms with E-state index in [4.69, 9.17) is 4.74 Å². The Morgan fingerprint density at radius 3 is 2.21 bits per heavy atom. The van der Waals surface area contributed by atoms with Gasteiger partial charge >= 0.3 is 0 Å². The highest BCUT2D eigenvalue weighted by molar-refractivity contribution is 6.51. The van der Waals surface area contributed by atoms with Gasteiger partial charge in [-0.05, 0) is 19.1 Å². The number of hydrogen-bond donors (Lipinski definition) is 1. The molecular weight excluding hydrogens is 352 g/mol. The number of phenols is 1. The second kappa shape index (κ2) is 9.28. The molecule has 0 aliphatic rings. The summed E-state index contributed by atoms with van der Waals surface area (Å²) >= 11 is 0. The molecule has 5 nitrogen and oxygen atoms in total. The Morgan fingerprint density at radius 1 is 0.964 bits per heavy atom. The number of ketones is 1. The van der Waals surface area contributed by atoms with Gasteiger partial charge in [-0.3, -0.25) is 4.79 Å². The van der Waals surface area contributed by atoms with Crippen LogP contribution in [-0.4, -0.2) is 29.4 Å². The zero-order valence-electron chi connectivity index (χ0n) is 15.4. The normalized spacial score (nSPS) is 11.5. The second-order valence-corrected chi connectivity index (χ2v) is 5.91. The van der Waals surface area contributed by atoms with Gasteiger partial charge in [-0.25, -0.2) is 0 Å². The van der Waals surface area contributed by atoms with E-state index in [0.717, 1.165) is 0 Å². The third kappa shape index (κ3) is 4.71. The average molecular weight is 372 g/mol. The summed E-state index contributed by atoms with van der Waals surface area (Å²) in [5.41, 5.74) is 1.91. The molecule has 0 heterocycles. The first-order valence-electron chi connectivity index (χ1n) is 8.91. The van der Waals surface area contributed by atoms with E-state index in [2.05, 4.69) is 10.2 Å².